The lowest BCUT2D eigenvalue weighted by atomic mass is 10.1. The van der Waals surface area contributed by atoms with E-state index in [1.165, 1.54) is 11.0 Å². The lowest BCUT2D eigenvalue weighted by Gasteiger charge is -2.32. The van der Waals surface area contributed by atoms with Gasteiger partial charge in [0.25, 0.3) is 0 Å². The second kappa shape index (κ2) is 9.28. The molecule has 1 aromatic carbocycles. The van der Waals surface area contributed by atoms with Gasteiger partial charge in [0, 0.05) is 30.1 Å². The van der Waals surface area contributed by atoms with E-state index in [1.807, 2.05) is 0 Å². The lowest BCUT2D eigenvalue weighted by molar-refractivity contribution is -0.143. The van der Waals surface area contributed by atoms with Crippen molar-refractivity contribution in [3.63, 3.8) is 0 Å². The average molecular weight is 440 g/mol. The molecule has 0 aromatic heterocycles. The Morgan fingerprint density at radius 1 is 1.17 bits per heavy atom. The van der Waals surface area contributed by atoms with E-state index >= 15 is 0 Å². The van der Waals surface area contributed by atoms with Crippen molar-refractivity contribution < 1.29 is 18.0 Å². The zero-order valence-corrected chi connectivity index (χ0v) is 18.0. The molecule has 1 aromatic rings. The molecule has 2 amide bonds. The first-order valence-corrected chi connectivity index (χ1v) is 11.7. The molecule has 2 aliphatic heterocycles. The minimum atomic E-state index is -3.80. The molecular formula is C20H26ClN3O4S. The number of hydrogen-bond donors (Lipinski definition) is 1. The molecule has 1 N–H and O–H groups in total. The number of nitrogens with one attached hydrogen (secondary N) is 1. The van der Waals surface area contributed by atoms with Gasteiger partial charge in [0.05, 0.1) is 0 Å². The van der Waals surface area contributed by atoms with Crippen molar-refractivity contribution >= 4 is 39.5 Å². The van der Waals surface area contributed by atoms with Crippen LogP contribution in [0.25, 0.3) is 6.08 Å². The van der Waals surface area contributed by atoms with Gasteiger partial charge >= 0.3 is 0 Å². The first kappa shape index (κ1) is 21.8. The van der Waals surface area contributed by atoms with Crippen LogP contribution in [0.5, 0.6) is 0 Å². The number of hydrogen-bond acceptors (Lipinski definition) is 4. The van der Waals surface area contributed by atoms with Crippen LogP contribution in [0, 0.1) is 0 Å². The van der Waals surface area contributed by atoms with E-state index in [4.69, 9.17) is 11.6 Å². The van der Waals surface area contributed by atoms with Crippen LogP contribution in [0.2, 0.25) is 5.02 Å². The topological polar surface area (TPSA) is 86.8 Å². The van der Waals surface area contributed by atoms with Gasteiger partial charge < -0.3 is 9.80 Å². The van der Waals surface area contributed by atoms with Gasteiger partial charge in [0.15, 0.2) is 0 Å². The Balaban J connectivity index is 1.60. The van der Waals surface area contributed by atoms with Crippen LogP contribution >= 0.6 is 11.6 Å². The maximum Gasteiger partial charge on any atom is 0.245 e. The summed E-state index contributed by atoms with van der Waals surface area (Å²) in [6, 6.07) is 5.29. The number of halogens is 1. The molecule has 0 radical (unpaired) electrons. The van der Waals surface area contributed by atoms with E-state index in [0.717, 1.165) is 37.8 Å². The highest BCUT2D eigenvalue weighted by atomic mass is 35.5. The standard InChI is InChI=1S/C20H26ClN3O4S/c1-15(19(25)23-11-3-2-4-12-23)24-13-9-18(20(24)26)22-29(27,28)14-10-16-5-7-17(21)8-6-16/h5-8,10,14-15,18,22H,2-4,9,11-13H2,1H3/b14-10+/t15-,18+/m1/s1. The third-order valence-electron chi connectivity index (χ3n) is 5.35. The Morgan fingerprint density at radius 3 is 2.48 bits per heavy atom. The first-order chi connectivity index (χ1) is 13.8. The van der Waals surface area contributed by atoms with Crippen LogP contribution in [0.15, 0.2) is 29.7 Å². The number of carbonyl (C=O) groups excluding carboxylic acids is 2. The van der Waals surface area contributed by atoms with Crippen LogP contribution in [-0.4, -0.2) is 61.7 Å². The summed E-state index contributed by atoms with van der Waals surface area (Å²) in [6.07, 6.45) is 4.86. The maximum atomic E-state index is 12.7. The predicted molar refractivity (Wildman–Crippen MR) is 113 cm³/mol. The van der Waals surface area contributed by atoms with Crippen molar-refractivity contribution in [3.05, 3.63) is 40.3 Å². The SMILES string of the molecule is C[C@H](C(=O)N1CCCCC1)N1CC[C@H](NS(=O)(=O)/C=C/c2ccc(Cl)cc2)C1=O. The van der Waals surface area contributed by atoms with Gasteiger partial charge in [0.1, 0.15) is 12.1 Å². The fourth-order valence-electron chi connectivity index (χ4n) is 3.69. The minimum absolute atomic E-state index is 0.0656. The number of benzene rings is 1. The van der Waals surface area contributed by atoms with Gasteiger partial charge in [-0.25, -0.2) is 8.42 Å². The Bertz CT molecular complexity index is 879. The minimum Gasteiger partial charge on any atom is -0.341 e. The number of likely N-dealkylation sites (tertiary alicyclic amines) is 2. The van der Waals surface area contributed by atoms with Crippen molar-refractivity contribution in [2.75, 3.05) is 19.6 Å². The summed E-state index contributed by atoms with van der Waals surface area (Å²) in [7, 11) is -3.80. The number of sulfonamides is 1. The Labute approximate surface area is 176 Å². The van der Waals surface area contributed by atoms with Crippen molar-refractivity contribution in [1.29, 1.82) is 0 Å². The van der Waals surface area contributed by atoms with Crippen molar-refractivity contribution in [3.8, 4) is 0 Å². The van der Waals surface area contributed by atoms with Crippen molar-refractivity contribution in [2.24, 2.45) is 0 Å². The van der Waals surface area contributed by atoms with E-state index < -0.39 is 22.1 Å². The summed E-state index contributed by atoms with van der Waals surface area (Å²) in [6.45, 7) is 3.51. The van der Waals surface area contributed by atoms with Gasteiger partial charge in [-0.15, -0.1) is 0 Å². The van der Waals surface area contributed by atoms with E-state index in [2.05, 4.69) is 4.72 Å². The Hall–Kier alpha value is -1.90. The molecule has 0 unspecified atom stereocenters. The Kier molecular flexibility index (Phi) is 6.97. The normalized spacial score (nSPS) is 21.7. The molecule has 2 atom stereocenters. The molecule has 158 valence electrons. The van der Waals surface area contributed by atoms with E-state index in [-0.39, 0.29) is 11.8 Å². The summed E-state index contributed by atoms with van der Waals surface area (Å²) < 4.78 is 27.2. The molecule has 3 rings (SSSR count). The van der Waals surface area contributed by atoms with Crippen LogP contribution in [0.4, 0.5) is 0 Å². The second-order valence-corrected chi connectivity index (χ2v) is 9.49. The molecule has 0 saturated carbocycles. The highest BCUT2D eigenvalue weighted by Crippen LogP contribution is 2.19. The molecule has 0 spiro atoms. The summed E-state index contributed by atoms with van der Waals surface area (Å²) >= 11 is 5.82. The summed E-state index contributed by atoms with van der Waals surface area (Å²) in [5, 5.41) is 1.60. The number of piperidine rings is 1. The first-order valence-electron chi connectivity index (χ1n) is 9.82. The molecule has 2 heterocycles. The number of rotatable bonds is 6. The van der Waals surface area contributed by atoms with Gasteiger partial charge in [-0.2, -0.15) is 4.72 Å². The van der Waals surface area contributed by atoms with Crippen LogP contribution in [0.3, 0.4) is 0 Å². The largest absolute Gasteiger partial charge is 0.341 e. The second-order valence-electron chi connectivity index (χ2n) is 7.45. The maximum absolute atomic E-state index is 12.7. The predicted octanol–water partition coefficient (Wildman–Crippen LogP) is 2.23. The fraction of sp³-hybridized carbons (Fsp3) is 0.500. The Morgan fingerprint density at radius 2 is 1.83 bits per heavy atom. The van der Waals surface area contributed by atoms with Gasteiger partial charge in [-0.3, -0.25) is 9.59 Å². The van der Waals surface area contributed by atoms with Gasteiger partial charge in [0.2, 0.25) is 21.8 Å². The zero-order valence-electron chi connectivity index (χ0n) is 16.4. The van der Waals surface area contributed by atoms with E-state index in [9.17, 15) is 18.0 Å². The molecule has 9 heteroatoms. The van der Waals surface area contributed by atoms with Crippen molar-refractivity contribution in [2.45, 2.75) is 44.7 Å². The summed E-state index contributed by atoms with van der Waals surface area (Å²) in [4.78, 5) is 28.7. The van der Waals surface area contributed by atoms with Crippen molar-refractivity contribution in [1.82, 2.24) is 14.5 Å². The third kappa shape index (κ3) is 5.58. The third-order valence-corrected chi connectivity index (χ3v) is 6.71. The number of amides is 2. The average Bonchev–Trinajstić information content (AvgIpc) is 3.06. The van der Waals surface area contributed by atoms with Crippen LogP contribution in [-0.2, 0) is 19.6 Å². The molecule has 2 aliphatic rings. The van der Waals surface area contributed by atoms with Gasteiger partial charge in [-0.1, -0.05) is 23.7 Å². The van der Waals surface area contributed by atoms with Crippen LogP contribution in [0.1, 0.15) is 38.2 Å². The smallest absolute Gasteiger partial charge is 0.245 e. The van der Waals surface area contributed by atoms with Gasteiger partial charge in [-0.05, 0) is 56.4 Å². The van der Waals surface area contributed by atoms with E-state index in [0.29, 0.717) is 23.6 Å². The number of carbonyl (C=O) groups is 2. The number of nitrogens with zero attached hydrogens (tertiary/aromatic N) is 2. The monoisotopic (exact) mass is 439 g/mol. The van der Waals surface area contributed by atoms with E-state index in [1.54, 1.807) is 36.1 Å². The molecule has 7 nitrogen and oxygen atoms in total. The quantitative estimate of drug-likeness (QED) is 0.736. The molecule has 0 bridgehead atoms. The lowest BCUT2D eigenvalue weighted by Crippen LogP contribution is -2.51. The highest BCUT2D eigenvalue weighted by Gasteiger charge is 2.39. The summed E-state index contributed by atoms with van der Waals surface area (Å²) in [5.74, 6) is -0.421. The molecule has 29 heavy (non-hydrogen) atoms. The molecule has 2 fully saturated rings. The molecular weight excluding hydrogens is 414 g/mol. The summed E-state index contributed by atoms with van der Waals surface area (Å²) in [5.41, 5.74) is 0.680. The molecule has 0 aliphatic carbocycles. The zero-order chi connectivity index (χ0) is 21.0. The van der Waals surface area contributed by atoms with Crippen LogP contribution < -0.4 is 4.72 Å². The fourth-order valence-corrected chi connectivity index (χ4v) is 4.84. The highest BCUT2D eigenvalue weighted by molar-refractivity contribution is 7.92. The molecule has 2 saturated heterocycles.